The highest BCUT2D eigenvalue weighted by Crippen LogP contribution is 2.33. The maximum Gasteiger partial charge on any atom is 0.267 e. The summed E-state index contributed by atoms with van der Waals surface area (Å²) in [6.07, 6.45) is 0. The maximum atomic E-state index is 12.8. The third kappa shape index (κ3) is 2.13. The molecule has 0 aliphatic carbocycles. The van der Waals surface area contributed by atoms with Crippen molar-refractivity contribution in [1.82, 2.24) is 14.7 Å². The highest BCUT2D eigenvalue weighted by molar-refractivity contribution is 7.13. The van der Waals surface area contributed by atoms with Gasteiger partial charge in [0.05, 0.1) is 10.4 Å². The molecule has 0 aliphatic heterocycles. The smallest absolute Gasteiger partial charge is 0.267 e. The van der Waals surface area contributed by atoms with Gasteiger partial charge < -0.3 is 14.2 Å². The summed E-state index contributed by atoms with van der Waals surface area (Å²) in [7, 11) is 0. The van der Waals surface area contributed by atoms with Crippen LogP contribution in [0, 0.1) is 0 Å². The Morgan fingerprint density at radius 2 is 2.08 bits per heavy atom. The van der Waals surface area contributed by atoms with E-state index in [1.54, 1.807) is 22.8 Å². The quantitative estimate of drug-likeness (QED) is 0.618. The van der Waals surface area contributed by atoms with Crippen LogP contribution in [0.3, 0.4) is 0 Å². The number of aromatic hydroxyl groups is 1. The van der Waals surface area contributed by atoms with Crippen molar-refractivity contribution in [2.24, 2.45) is 0 Å². The van der Waals surface area contributed by atoms with Crippen LogP contribution in [0.5, 0.6) is 5.75 Å². The second-order valence-electron chi connectivity index (χ2n) is 5.19. The second kappa shape index (κ2) is 5.61. The van der Waals surface area contributed by atoms with Gasteiger partial charge in [0.1, 0.15) is 11.3 Å². The third-order valence-corrected chi connectivity index (χ3v) is 4.71. The molecule has 4 rings (SSSR count). The molecule has 0 saturated carbocycles. The molecule has 1 N–H and O–H groups in total. The van der Waals surface area contributed by atoms with Gasteiger partial charge in [0, 0.05) is 11.9 Å². The first-order valence-corrected chi connectivity index (χ1v) is 8.31. The van der Waals surface area contributed by atoms with E-state index in [0.717, 1.165) is 4.88 Å². The molecule has 0 spiro atoms. The molecule has 0 amide bonds. The van der Waals surface area contributed by atoms with Crippen molar-refractivity contribution in [2.45, 2.75) is 13.5 Å². The number of pyridine rings is 1. The zero-order chi connectivity index (χ0) is 16.7. The SMILES string of the molecule is CCn1c(=O)c(-c2nc(-c3cccs3)no2)c(O)c2ccccc21. The Labute approximate surface area is 140 Å². The van der Waals surface area contributed by atoms with Gasteiger partial charge in [-0.3, -0.25) is 4.79 Å². The van der Waals surface area contributed by atoms with E-state index in [-0.39, 0.29) is 22.8 Å². The minimum absolute atomic E-state index is 0.0221. The third-order valence-electron chi connectivity index (χ3n) is 3.84. The number of hydrogen-bond acceptors (Lipinski definition) is 6. The van der Waals surface area contributed by atoms with Crippen LogP contribution in [-0.2, 0) is 6.54 Å². The summed E-state index contributed by atoms with van der Waals surface area (Å²) in [5, 5.41) is 17.0. The molecule has 0 saturated heterocycles. The lowest BCUT2D eigenvalue weighted by atomic mass is 10.1. The van der Waals surface area contributed by atoms with Crippen LogP contribution in [0.2, 0.25) is 0 Å². The predicted octanol–water partition coefficient (Wildman–Crippen LogP) is 3.51. The van der Waals surface area contributed by atoms with Gasteiger partial charge >= 0.3 is 0 Å². The molecule has 0 aliphatic rings. The first-order chi connectivity index (χ1) is 11.7. The molecule has 6 nitrogen and oxygen atoms in total. The average Bonchev–Trinajstić information content (AvgIpc) is 3.27. The first kappa shape index (κ1) is 14.6. The molecule has 0 bridgehead atoms. The second-order valence-corrected chi connectivity index (χ2v) is 6.14. The summed E-state index contributed by atoms with van der Waals surface area (Å²) < 4.78 is 6.84. The average molecular weight is 339 g/mol. The molecule has 1 aromatic carbocycles. The number of benzene rings is 1. The van der Waals surface area contributed by atoms with Crippen LogP contribution in [-0.4, -0.2) is 19.8 Å². The van der Waals surface area contributed by atoms with E-state index < -0.39 is 0 Å². The van der Waals surface area contributed by atoms with Crippen molar-refractivity contribution in [1.29, 1.82) is 0 Å². The summed E-state index contributed by atoms with van der Waals surface area (Å²) in [4.78, 5) is 17.9. The molecule has 7 heteroatoms. The van der Waals surface area contributed by atoms with E-state index in [4.69, 9.17) is 4.52 Å². The molecule has 4 aromatic rings. The fourth-order valence-corrected chi connectivity index (χ4v) is 3.38. The molecular weight excluding hydrogens is 326 g/mol. The van der Waals surface area contributed by atoms with Crippen molar-refractivity contribution < 1.29 is 9.63 Å². The van der Waals surface area contributed by atoms with Crippen molar-refractivity contribution >= 4 is 22.2 Å². The van der Waals surface area contributed by atoms with Gasteiger partial charge in [-0.25, -0.2) is 0 Å². The number of rotatable bonds is 3. The van der Waals surface area contributed by atoms with Gasteiger partial charge in [-0.1, -0.05) is 23.4 Å². The number of aromatic nitrogens is 3. The van der Waals surface area contributed by atoms with Gasteiger partial charge in [-0.2, -0.15) is 4.98 Å². The van der Waals surface area contributed by atoms with Gasteiger partial charge in [-0.15, -0.1) is 11.3 Å². The summed E-state index contributed by atoms with van der Waals surface area (Å²) in [5.41, 5.74) is 0.352. The van der Waals surface area contributed by atoms with Crippen molar-refractivity contribution in [3.63, 3.8) is 0 Å². The van der Waals surface area contributed by atoms with Crippen molar-refractivity contribution in [2.75, 3.05) is 0 Å². The Kier molecular flexibility index (Phi) is 3.42. The Hall–Kier alpha value is -2.93. The Morgan fingerprint density at radius 1 is 1.25 bits per heavy atom. The van der Waals surface area contributed by atoms with Gasteiger partial charge in [0.2, 0.25) is 5.82 Å². The van der Waals surface area contributed by atoms with Crippen LogP contribution in [0.1, 0.15) is 6.92 Å². The van der Waals surface area contributed by atoms with Crippen LogP contribution < -0.4 is 5.56 Å². The van der Waals surface area contributed by atoms with E-state index in [9.17, 15) is 9.90 Å². The maximum absolute atomic E-state index is 12.8. The summed E-state index contributed by atoms with van der Waals surface area (Å²) in [5.74, 6) is 0.283. The van der Waals surface area contributed by atoms with Gasteiger partial charge in [0.15, 0.2) is 0 Å². The van der Waals surface area contributed by atoms with Crippen LogP contribution in [0.25, 0.3) is 33.1 Å². The van der Waals surface area contributed by atoms with Crippen LogP contribution >= 0.6 is 11.3 Å². The van der Waals surface area contributed by atoms with Gasteiger partial charge in [0.25, 0.3) is 11.4 Å². The lowest BCUT2D eigenvalue weighted by molar-refractivity contribution is 0.425. The fourth-order valence-electron chi connectivity index (χ4n) is 2.73. The Morgan fingerprint density at radius 3 is 2.83 bits per heavy atom. The van der Waals surface area contributed by atoms with E-state index in [1.807, 2.05) is 30.5 Å². The Balaban J connectivity index is 1.99. The topological polar surface area (TPSA) is 81.2 Å². The van der Waals surface area contributed by atoms with E-state index in [1.165, 1.54) is 11.3 Å². The largest absolute Gasteiger partial charge is 0.506 e. The number of hydrogen-bond donors (Lipinski definition) is 1. The number of fused-ring (bicyclic) bond motifs is 1. The molecular formula is C17H13N3O3S. The van der Waals surface area contributed by atoms with E-state index in [0.29, 0.717) is 23.3 Å². The highest BCUT2D eigenvalue weighted by Gasteiger charge is 2.22. The summed E-state index contributed by atoms with van der Waals surface area (Å²) >= 11 is 1.47. The summed E-state index contributed by atoms with van der Waals surface area (Å²) in [6, 6.07) is 10.9. The molecule has 3 heterocycles. The first-order valence-electron chi connectivity index (χ1n) is 7.43. The monoisotopic (exact) mass is 339 g/mol. The standard InChI is InChI=1S/C17H13N3O3S/c1-2-20-11-7-4-3-6-10(11)14(21)13(17(20)22)16-18-15(19-23-16)12-8-5-9-24-12/h3-9,21H,2H2,1H3. The lowest BCUT2D eigenvalue weighted by Crippen LogP contribution is -2.21. The van der Waals surface area contributed by atoms with Crippen LogP contribution in [0.15, 0.2) is 51.1 Å². The number of thiophene rings is 1. The molecule has 0 atom stereocenters. The molecule has 0 radical (unpaired) electrons. The normalized spacial score (nSPS) is 11.2. The molecule has 24 heavy (non-hydrogen) atoms. The number of para-hydroxylation sites is 1. The van der Waals surface area contributed by atoms with Crippen molar-refractivity contribution in [3.8, 4) is 27.9 Å². The summed E-state index contributed by atoms with van der Waals surface area (Å²) in [6.45, 7) is 2.35. The lowest BCUT2D eigenvalue weighted by Gasteiger charge is -2.11. The molecule has 0 fully saturated rings. The number of aryl methyl sites for hydroxylation is 1. The molecule has 0 unspecified atom stereocenters. The van der Waals surface area contributed by atoms with Crippen LogP contribution in [0.4, 0.5) is 0 Å². The minimum Gasteiger partial charge on any atom is -0.506 e. The van der Waals surface area contributed by atoms with E-state index >= 15 is 0 Å². The molecule has 120 valence electrons. The fraction of sp³-hybridized carbons (Fsp3) is 0.118. The Bertz CT molecular complexity index is 1080. The molecule has 3 aromatic heterocycles. The zero-order valence-corrected chi connectivity index (χ0v) is 13.6. The van der Waals surface area contributed by atoms with E-state index in [2.05, 4.69) is 10.1 Å². The number of nitrogens with zero attached hydrogens (tertiary/aromatic N) is 3. The predicted molar refractivity (Wildman–Crippen MR) is 92.2 cm³/mol. The van der Waals surface area contributed by atoms with Gasteiger partial charge in [-0.05, 0) is 30.5 Å². The highest BCUT2D eigenvalue weighted by atomic mass is 32.1. The zero-order valence-electron chi connectivity index (χ0n) is 12.8. The van der Waals surface area contributed by atoms with Crippen molar-refractivity contribution in [3.05, 3.63) is 52.1 Å². The minimum atomic E-state index is -0.352.